The molecule has 0 radical (unpaired) electrons. The van der Waals surface area contributed by atoms with Crippen LogP contribution in [0.25, 0.3) is 5.52 Å². The lowest BCUT2D eigenvalue weighted by atomic mass is 10.1. The summed E-state index contributed by atoms with van der Waals surface area (Å²) in [5, 5.41) is 4.25. The summed E-state index contributed by atoms with van der Waals surface area (Å²) in [7, 11) is 0. The van der Waals surface area contributed by atoms with E-state index in [9.17, 15) is 8.78 Å². The second-order valence-electron chi connectivity index (χ2n) is 6.46. The van der Waals surface area contributed by atoms with Crippen LogP contribution in [-0.2, 0) is 6.54 Å². The molecule has 1 atom stereocenters. The SMILES string of the molecule is CC1CN(c2nccn3nccc23)CCN1Cc1cc(F)cc(F)c1. The Morgan fingerprint density at radius 3 is 2.68 bits per heavy atom. The molecule has 1 aliphatic heterocycles. The van der Waals surface area contributed by atoms with Crippen LogP contribution in [0.4, 0.5) is 14.6 Å². The number of anilines is 1. The standard InChI is InChI=1S/C18H19F2N5/c1-13-11-24(18-17-2-3-22-25(17)5-4-21-18)7-6-23(13)12-14-8-15(19)10-16(20)9-14/h2-5,8-10,13H,6-7,11-12H2,1H3. The van der Waals surface area contributed by atoms with Gasteiger partial charge in [0, 0.05) is 50.7 Å². The molecule has 0 N–H and O–H groups in total. The largest absolute Gasteiger partial charge is 0.352 e. The topological polar surface area (TPSA) is 36.7 Å². The van der Waals surface area contributed by atoms with Crippen molar-refractivity contribution in [2.75, 3.05) is 24.5 Å². The quantitative estimate of drug-likeness (QED) is 0.733. The molecule has 0 saturated carbocycles. The van der Waals surface area contributed by atoms with E-state index in [1.165, 1.54) is 12.1 Å². The highest BCUT2D eigenvalue weighted by molar-refractivity contribution is 5.68. The Labute approximate surface area is 144 Å². The number of aromatic nitrogens is 3. The molecule has 3 heterocycles. The first-order chi connectivity index (χ1) is 12.1. The van der Waals surface area contributed by atoms with Crippen molar-refractivity contribution < 1.29 is 8.78 Å². The number of hydrogen-bond acceptors (Lipinski definition) is 4. The molecule has 1 unspecified atom stereocenters. The lowest BCUT2D eigenvalue weighted by Gasteiger charge is -2.40. The van der Waals surface area contributed by atoms with Gasteiger partial charge in [-0.05, 0) is 30.7 Å². The van der Waals surface area contributed by atoms with E-state index in [1.807, 2.05) is 16.8 Å². The van der Waals surface area contributed by atoms with E-state index >= 15 is 0 Å². The van der Waals surface area contributed by atoms with Crippen LogP contribution in [0.3, 0.4) is 0 Å². The van der Waals surface area contributed by atoms with Gasteiger partial charge in [-0.1, -0.05) is 0 Å². The summed E-state index contributed by atoms with van der Waals surface area (Å²) in [6.07, 6.45) is 5.34. The van der Waals surface area contributed by atoms with Crippen molar-refractivity contribution in [1.82, 2.24) is 19.5 Å². The molecule has 0 bridgehead atoms. The Morgan fingerprint density at radius 2 is 1.92 bits per heavy atom. The van der Waals surface area contributed by atoms with E-state index < -0.39 is 11.6 Å². The minimum absolute atomic E-state index is 0.241. The Morgan fingerprint density at radius 1 is 1.12 bits per heavy atom. The molecule has 3 aromatic rings. The third kappa shape index (κ3) is 3.19. The zero-order valence-electron chi connectivity index (χ0n) is 13.9. The predicted octanol–water partition coefficient (Wildman–Crippen LogP) is 2.72. The third-order valence-electron chi connectivity index (χ3n) is 4.68. The smallest absolute Gasteiger partial charge is 0.154 e. The second kappa shape index (κ2) is 6.40. The van der Waals surface area contributed by atoms with Crippen LogP contribution in [0, 0.1) is 11.6 Å². The lowest BCUT2D eigenvalue weighted by Crippen LogP contribution is -2.51. The third-order valence-corrected chi connectivity index (χ3v) is 4.68. The van der Waals surface area contributed by atoms with Crippen LogP contribution in [0.15, 0.2) is 42.9 Å². The molecule has 7 heteroatoms. The minimum atomic E-state index is -0.530. The highest BCUT2D eigenvalue weighted by atomic mass is 19.1. The van der Waals surface area contributed by atoms with Crippen LogP contribution < -0.4 is 4.90 Å². The summed E-state index contributed by atoms with van der Waals surface area (Å²) in [5.74, 6) is -0.140. The molecule has 1 aromatic carbocycles. The summed E-state index contributed by atoms with van der Waals surface area (Å²) >= 11 is 0. The fraction of sp³-hybridized carbons (Fsp3) is 0.333. The first kappa shape index (κ1) is 16.0. The van der Waals surface area contributed by atoms with Gasteiger partial charge < -0.3 is 4.90 Å². The Bertz CT molecular complexity index is 874. The molecule has 130 valence electrons. The van der Waals surface area contributed by atoms with Crippen molar-refractivity contribution in [1.29, 1.82) is 0 Å². The van der Waals surface area contributed by atoms with Crippen LogP contribution >= 0.6 is 0 Å². The van der Waals surface area contributed by atoms with Gasteiger partial charge in [-0.2, -0.15) is 5.10 Å². The average Bonchev–Trinajstić information content (AvgIpc) is 3.04. The number of fused-ring (bicyclic) bond motifs is 1. The van der Waals surface area contributed by atoms with Crippen molar-refractivity contribution in [3.8, 4) is 0 Å². The number of benzene rings is 1. The van der Waals surface area contributed by atoms with Crippen molar-refractivity contribution in [3.05, 3.63) is 60.1 Å². The first-order valence-corrected chi connectivity index (χ1v) is 8.32. The van der Waals surface area contributed by atoms with Gasteiger partial charge in [0.1, 0.15) is 17.2 Å². The van der Waals surface area contributed by atoms with Gasteiger partial charge >= 0.3 is 0 Å². The van der Waals surface area contributed by atoms with E-state index in [-0.39, 0.29) is 6.04 Å². The first-order valence-electron chi connectivity index (χ1n) is 8.32. The minimum Gasteiger partial charge on any atom is -0.352 e. The predicted molar refractivity (Wildman–Crippen MR) is 91.4 cm³/mol. The van der Waals surface area contributed by atoms with Crippen LogP contribution in [0.2, 0.25) is 0 Å². The summed E-state index contributed by atoms with van der Waals surface area (Å²) in [4.78, 5) is 8.99. The van der Waals surface area contributed by atoms with Gasteiger partial charge in [-0.25, -0.2) is 18.3 Å². The molecule has 0 spiro atoms. The number of piperazine rings is 1. The average molecular weight is 343 g/mol. The van der Waals surface area contributed by atoms with Crippen LogP contribution in [-0.4, -0.2) is 45.2 Å². The molecule has 0 aliphatic carbocycles. The van der Waals surface area contributed by atoms with Gasteiger partial charge in [0.2, 0.25) is 0 Å². The zero-order chi connectivity index (χ0) is 17.4. The van der Waals surface area contributed by atoms with Gasteiger partial charge in [0.25, 0.3) is 0 Å². The molecule has 2 aromatic heterocycles. The molecule has 1 fully saturated rings. The molecule has 1 aliphatic rings. The second-order valence-corrected chi connectivity index (χ2v) is 6.46. The molecular weight excluding hydrogens is 324 g/mol. The van der Waals surface area contributed by atoms with E-state index in [0.29, 0.717) is 12.1 Å². The molecule has 5 nitrogen and oxygen atoms in total. The van der Waals surface area contributed by atoms with Crippen LogP contribution in [0.5, 0.6) is 0 Å². The summed E-state index contributed by atoms with van der Waals surface area (Å²) in [6.45, 7) is 5.07. The van der Waals surface area contributed by atoms with Crippen molar-refractivity contribution in [2.45, 2.75) is 19.5 Å². The van der Waals surface area contributed by atoms with E-state index in [4.69, 9.17) is 0 Å². The fourth-order valence-corrected chi connectivity index (χ4v) is 3.45. The van der Waals surface area contributed by atoms with Crippen molar-refractivity contribution in [2.24, 2.45) is 0 Å². The monoisotopic (exact) mass is 343 g/mol. The molecule has 4 rings (SSSR count). The number of rotatable bonds is 3. The normalized spacial score (nSPS) is 18.8. The summed E-state index contributed by atoms with van der Waals surface area (Å²) in [6, 6.07) is 5.90. The lowest BCUT2D eigenvalue weighted by molar-refractivity contribution is 0.180. The van der Waals surface area contributed by atoms with E-state index in [0.717, 1.165) is 37.0 Å². The highest BCUT2D eigenvalue weighted by Crippen LogP contribution is 2.23. The Balaban J connectivity index is 1.49. The van der Waals surface area contributed by atoms with Crippen LogP contribution in [0.1, 0.15) is 12.5 Å². The number of hydrogen-bond donors (Lipinski definition) is 0. The van der Waals surface area contributed by atoms with Gasteiger partial charge in [0.15, 0.2) is 5.82 Å². The molecule has 0 amide bonds. The maximum atomic E-state index is 13.4. The van der Waals surface area contributed by atoms with Gasteiger partial charge in [-0.15, -0.1) is 0 Å². The van der Waals surface area contributed by atoms with E-state index in [2.05, 4.69) is 26.8 Å². The molecule has 1 saturated heterocycles. The van der Waals surface area contributed by atoms with Gasteiger partial charge in [-0.3, -0.25) is 4.90 Å². The number of halogens is 2. The summed E-state index contributed by atoms with van der Waals surface area (Å²) < 4.78 is 28.6. The number of nitrogens with zero attached hydrogens (tertiary/aromatic N) is 5. The fourth-order valence-electron chi connectivity index (χ4n) is 3.45. The van der Waals surface area contributed by atoms with Crippen molar-refractivity contribution in [3.63, 3.8) is 0 Å². The summed E-state index contributed by atoms with van der Waals surface area (Å²) in [5.41, 5.74) is 1.64. The highest BCUT2D eigenvalue weighted by Gasteiger charge is 2.26. The Kier molecular flexibility index (Phi) is 4.09. The molecule has 25 heavy (non-hydrogen) atoms. The molecular formula is C18H19F2N5. The van der Waals surface area contributed by atoms with Gasteiger partial charge in [0.05, 0.1) is 6.20 Å². The maximum Gasteiger partial charge on any atom is 0.154 e. The van der Waals surface area contributed by atoms with Crippen molar-refractivity contribution >= 4 is 11.3 Å². The van der Waals surface area contributed by atoms with E-state index in [1.54, 1.807) is 12.4 Å². The Hall–Kier alpha value is -2.54. The zero-order valence-corrected chi connectivity index (χ0v) is 13.9. The maximum absolute atomic E-state index is 13.4.